The van der Waals surface area contributed by atoms with Gasteiger partial charge in [0.25, 0.3) is 0 Å². The highest BCUT2D eigenvalue weighted by atomic mass is 35.5. The largest absolute Gasteiger partial charge is 0.491 e. The Morgan fingerprint density at radius 2 is 1.94 bits per heavy atom. The number of alkyl halides is 2. The zero-order chi connectivity index (χ0) is 12.3. The zero-order valence-electron chi connectivity index (χ0n) is 8.95. The molecular weight excluding hydrogens is 254 g/mol. The Hall–Kier alpha value is -0.510. The van der Waals surface area contributed by atoms with Gasteiger partial charge in [-0.25, -0.2) is 4.39 Å². The van der Waals surface area contributed by atoms with Crippen LogP contribution in [0, 0.1) is 5.82 Å². The SMILES string of the molecule is CC(C)Oc1ccc(F)c(C(O)C(Cl)Cl)c1. The van der Waals surface area contributed by atoms with Crippen molar-refractivity contribution in [1.29, 1.82) is 0 Å². The molecule has 0 aromatic heterocycles. The van der Waals surface area contributed by atoms with Gasteiger partial charge in [0.05, 0.1) is 6.10 Å². The van der Waals surface area contributed by atoms with Crippen molar-refractivity contribution >= 4 is 23.2 Å². The molecular formula is C11H13Cl2FO2. The van der Waals surface area contributed by atoms with Gasteiger partial charge in [0, 0.05) is 5.56 Å². The highest BCUT2D eigenvalue weighted by Crippen LogP contribution is 2.29. The quantitative estimate of drug-likeness (QED) is 0.846. The summed E-state index contributed by atoms with van der Waals surface area (Å²) in [6.45, 7) is 3.71. The fourth-order valence-corrected chi connectivity index (χ4v) is 1.50. The van der Waals surface area contributed by atoms with Gasteiger partial charge in [-0.2, -0.15) is 0 Å². The first-order chi connectivity index (χ1) is 7.41. The third-order valence-corrected chi connectivity index (χ3v) is 2.37. The molecule has 1 N–H and O–H groups in total. The Balaban J connectivity index is 2.99. The molecule has 0 bridgehead atoms. The molecule has 0 saturated carbocycles. The van der Waals surface area contributed by atoms with Gasteiger partial charge in [-0.15, -0.1) is 23.2 Å². The van der Waals surface area contributed by atoms with E-state index in [9.17, 15) is 9.50 Å². The van der Waals surface area contributed by atoms with E-state index in [1.165, 1.54) is 18.2 Å². The summed E-state index contributed by atoms with van der Waals surface area (Å²) < 4.78 is 18.8. The summed E-state index contributed by atoms with van der Waals surface area (Å²) in [6, 6.07) is 4.10. The molecule has 1 aromatic carbocycles. The van der Waals surface area contributed by atoms with Crippen molar-refractivity contribution in [2.45, 2.75) is 30.9 Å². The standard InChI is InChI=1S/C11H13Cl2FO2/c1-6(2)16-7-3-4-9(14)8(5-7)10(15)11(12)13/h3-6,10-11,15H,1-2H3. The van der Waals surface area contributed by atoms with Crippen LogP contribution in [0.5, 0.6) is 5.75 Å². The second kappa shape index (κ2) is 5.71. The van der Waals surface area contributed by atoms with Crippen LogP contribution in [0.25, 0.3) is 0 Å². The van der Waals surface area contributed by atoms with E-state index < -0.39 is 16.8 Å². The van der Waals surface area contributed by atoms with Gasteiger partial charge in [-0.1, -0.05) is 0 Å². The summed E-state index contributed by atoms with van der Waals surface area (Å²) in [6.07, 6.45) is -1.29. The normalized spacial score (nSPS) is 13.2. The number of aliphatic hydroxyl groups excluding tert-OH is 1. The highest BCUT2D eigenvalue weighted by molar-refractivity contribution is 6.44. The van der Waals surface area contributed by atoms with Crippen molar-refractivity contribution in [3.8, 4) is 5.75 Å². The number of rotatable bonds is 4. The zero-order valence-corrected chi connectivity index (χ0v) is 10.5. The van der Waals surface area contributed by atoms with Gasteiger partial charge in [0.15, 0.2) is 0 Å². The minimum absolute atomic E-state index is 0.0294. The van der Waals surface area contributed by atoms with Gasteiger partial charge in [0.2, 0.25) is 0 Å². The van der Waals surface area contributed by atoms with Crippen molar-refractivity contribution in [3.63, 3.8) is 0 Å². The number of ether oxygens (including phenoxy) is 1. The molecule has 0 saturated heterocycles. The van der Waals surface area contributed by atoms with Gasteiger partial charge in [-0.05, 0) is 32.0 Å². The molecule has 0 spiro atoms. The van der Waals surface area contributed by atoms with E-state index in [1.807, 2.05) is 13.8 Å². The summed E-state index contributed by atoms with van der Waals surface area (Å²) >= 11 is 11.0. The monoisotopic (exact) mass is 266 g/mol. The Kier molecular flexibility index (Phi) is 4.84. The van der Waals surface area contributed by atoms with Gasteiger partial charge < -0.3 is 9.84 Å². The molecule has 0 aliphatic rings. The van der Waals surface area contributed by atoms with Crippen molar-refractivity contribution in [2.75, 3.05) is 0 Å². The average molecular weight is 267 g/mol. The molecule has 90 valence electrons. The molecule has 0 amide bonds. The average Bonchev–Trinajstić information content (AvgIpc) is 2.19. The lowest BCUT2D eigenvalue weighted by molar-refractivity contribution is 0.186. The summed E-state index contributed by atoms with van der Waals surface area (Å²) in [5.41, 5.74) is 0.0353. The lowest BCUT2D eigenvalue weighted by Gasteiger charge is -2.15. The molecule has 1 rings (SSSR count). The number of hydrogen-bond acceptors (Lipinski definition) is 2. The van der Waals surface area contributed by atoms with Gasteiger partial charge >= 0.3 is 0 Å². The van der Waals surface area contributed by atoms with Crippen molar-refractivity contribution in [2.24, 2.45) is 0 Å². The van der Waals surface area contributed by atoms with E-state index in [-0.39, 0.29) is 11.7 Å². The van der Waals surface area contributed by atoms with E-state index in [0.29, 0.717) is 5.75 Å². The molecule has 0 fully saturated rings. The highest BCUT2D eigenvalue weighted by Gasteiger charge is 2.20. The van der Waals surface area contributed by atoms with Crippen molar-refractivity contribution < 1.29 is 14.2 Å². The maximum Gasteiger partial charge on any atom is 0.137 e. The van der Waals surface area contributed by atoms with E-state index in [4.69, 9.17) is 27.9 Å². The molecule has 16 heavy (non-hydrogen) atoms. The molecule has 1 unspecified atom stereocenters. The van der Waals surface area contributed by atoms with Crippen LogP contribution in [-0.2, 0) is 0 Å². The van der Waals surface area contributed by atoms with E-state index in [0.717, 1.165) is 0 Å². The lowest BCUT2D eigenvalue weighted by Crippen LogP contribution is -2.10. The molecule has 0 aliphatic heterocycles. The second-order valence-electron chi connectivity index (χ2n) is 3.63. The predicted octanol–water partition coefficient (Wildman–Crippen LogP) is 3.45. The van der Waals surface area contributed by atoms with E-state index in [1.54, 1.807) is 0 Å². The number of hydrogen-bond donors (Lipinski definition) is 1. The van der Waals surface area contributed by atoms with Crippen LogP contribution in [-0.4, -0.2) is 16.0 Å². The van der Waals surface area contributed by atoms with Crippen LogP contribution >= 0.6 is 23.2 Å². The Morgan fingerprint density at radius 1 is 1.31 bits per heavy atom. The second-order valence-corrected chi connectivity index (χ2v) is 4.79. The summed E-state index contributed by atoms with van der Waals surface area (Å²) in [4.78, 5) is -1.08. The smallest absolute Gasteiger partial charge is 0.137 e. The van der Waals surface area contributed by atoms with E-state index >= 15 is 0 Å². The molecule has 5 heteroatoms. The topological polar surface area (TPSA) is 29.5 Å². The minimum Gasteiger partial charge on any atom is -0.491 e. The Labute approximate surface area is 104 Å². The third kappa shape index (κ3) is 3.51. The van der Waals surface area contributed by atoms with Crippen molar-refractivity contribution in [3.05, 3.63) is 29.6 Å². The van der Waals surface area contributed by atoms with Crippen LogP contribution in [0.2, 0.25) is 0 Å². The molecule has 2 nitrogen and oxygen atoms in total. The first-order valence-electron chi connectivity index (χ1n) is 4.84. The van der Waals surface area contributed by atoms with Gasteiger partial charge in [0.1, 0.15) is 22.5 Å². The number of halogens is 3. The maximum atomic E-state index is 13.4. The first-order valence-corrected chi connectivity index (χ1v) is 5.71. The van der Waals surface area contributed by atoms with Crippen LogP contribution in [0.4, 0.5) is 4.39 Å². The molecule has 0 radical (unpaired) electrons. The molecule has 0 aliphatic carbocycles. The van der Waals surface area contributed by atoms with Crippen molar-refractivity contribution in [1.82, 2.24) is 0 Å². The van der Waals surface area contributed by atoms with Crippen LogP contribution in [0.15, 0.2) is 18.2 Å². The van der Waals surface area contributed by atoms with E-state index in [2.05, 4.69) is 0 Å². The molecule has 1 aromatic rings. The Morgan fingerprint density at radius 3 is 2.44 bits per heavy atom. The summed E-state index contributed by atoms with van der Waals surface area (Å²) in [5.74, 6) is -0.0886. The number of aliphatic hydroxyl groups is 1. The molecule has 0 heterocycles. The van der Waals surface area contributed by atoms with Crippen LogP contribution < -0.4 is 4.74 Å². The van der Waals surface area contributed by atoms with Crippen LogP contribution in [0.3, 0.4) is 0 Å². The van der Waals surface area contributed by atoms with Crippen LogP contribution in [0.1, 0.15) is 25.5 Å². The predicted molar refractivity (Wildman–Crippen MR) is 62.6 cm³/mol. The first kappa shape index (κ1) is 13.6. The Bertz CT molecular complexity index is 356. The molecule has 1 atom stereocenters. The van der Waals surface area contributed by atoms with Gasteiger partial charge in [-0.3, -0.25) is 0 Å². The fourth-order valence-electron chi connectivity index (χ4n) is 1.23. The third-order valence-electron chi connectivity index (χ3n) is 1.90. The summed E-state index contributed by atoms with van der Waals surface area (Å²) in [7, 11) is 0. The summed E-state index contributed by atoms with van der Waals surface area (Å²) in [5, 5.41) is 9.58. The number of benzene rings is 1. The minimum atomic E-state index is -1.26. The maximum absolute atomic E-state index is 13.4. The fraction of sp³-hybridized carbons (Fsp3) is 0.455. The lowest BCUT2D eigenvalue weighted by atomic mass is 10.1.